The van der Waals surface area contributed by atoms with Crippen molar-refractivity contribution in [1.29, 1.82) is 0 Å². The van der Waals surface area contributed by atoms with Crippen LogP contribution >= 0.6 is 11.3 Å². The molecule has 1 unspecified atom stereocenters. The quantitative estimate of drug-likeness (QED) is 0.464. The molecule has 0 bridgehead atoms. The van der Waals surface area contributed by atoms with Gasteiger partial charge in [0.1, 0.15) is 4.88 Å². The van der Waals surface area contributed by atoms with E-state index in [0.29, 0.717) is 15.4 Å². The average Bonchev–Trinajstić information content (AvgIpc) is 3.17. The Morgan fingerprint density at radius 2 is 1.88 bits per heavy atom. The van der Waals surface area contributed by atoms with Gasteiger partial charge >= 0.3 is 5.97 Å². The molecule has 2 aliphatic rings. The number of carbonyl (C=O) groups excluding carboxylic acids is 3. The normalized spacial score (nSPS) is 20.6. The average molecular weight is 473 g/mol. The molecule has 6 nitrogen and oxygen atoms in total. The van der Waals surface area contributed by atoms with E-state index in [1.807, 2.05) is 33.9 Å². The second-order valence-electron chi connectivity index (χ2n) is 10.3. The predicted octanol–water partition coefficient (Wildman–Crippen LogP) is 4.86. The Kier molecular flexibility index (Phi) is 7.58. The summed E-state index contributed by atoms with van der Waals surface area (Å²) in [5.41, 5.74) is -0.311. The summed E-state index contributed by atoms with van der Waals surface area (Å²) in [6, 6.07) is 1.84. The molecule has 33 heavy (non-hydrogen) atoms. The van der Waals surface area contributed by atoms with Gasteiger partial charge in [0.15, 0.2) is 0 Å². The lowest BCUT2D eigenvalue weighted by molar-refractivity contribution is -0.141. The predicted molar refractivity (Wildman–Crippen MR) is 131 cm³/mol. The molecule has 0 aromatic carbocycles. The van der Waals surface area contributed by atoms with Crippen LogP contribution in [-0.4, -0.2) is 48.9 Å². The van der Waals surface area contributed by atoms with Crippen molar-refractivity contribution < 1.29 is 19.1 Å². The third kappa shape index (κ3) is 5.27. The van der Waals surface area contributed by atoms with E-state index in [1.165, 1.54) is 25.4 Å². The fourth-order valence-electron chi connectivity index (χ4n) is 5.24. The van der Waals surface area contributed by atoms with Crippen molar-refractivity contribution in [2.75, 3.05) is 25.6 Å². The Bertz CT molecular complexity index is 973. The lowest BCUT2D eigenvalue weighted by Gasteiger charge is -2.52. The van der Waals surface area contributed by atoms with Crippen LogP contribution in [0.15, 0.2) is 6.07 Å². The highest BCUT2D eigenvalue weighted by atomic mass is 32.1. The van der Waals surface area contributed by atoms with E-state index >= 15 is 0 Å². The van der Waals surface area contributed by atoms with Crippen molar-refractivity contribution in [2.24, 2.45) is 11.3 Å². The number of amides is 2. The maximum absolute atomic E-state index is 13.4. The Morgan fingerprint density at radius 3 is 2.45 bits per heavy atom. The molecule has 1 saturated heterocycles. The van der Waals surface area contributed by atoms with Gasteiger partial charge in [0.2, 0.25) is 11.8 Å². The van der Waals surface area contributed by atoms with Gasteiger partial charge in [-0.1, -0.05) is 31.1 Å². The van der Waals surface area contributed by atoms with Crippen LogP contribution in [0, 0.1) is 23.2 Å². The summed E-state index contributed by atoms with van der Waals surface area (Å²) in [5.74, 6) is 5.56. The minimum Gasteiger partial charge on any atom is -0.465 e. The highest BCUT2D eigenvalue weighted by Crippen LogP contribution is 2.47. The number of hydrogen-bond acceptors (Lipinski definition) is 5. The van der Waals surface area contributed by atoms with Gasteiger partial charge < -0.3 is 14.5 Å². The number of piperidine rings is 1. The van der Waals surface area contributed by atoms with Crippen molar-refractivity contribution >= 4 is 34.8 Å². The number of hydrogen-bond donors (Lipinski definition) is 0. The maximum Gasteiger partial charge on any atom is 0.350 e. The summed E-state index contributed by atoms with van der Waals surface area (Å²) < 4.78 is 5.08. The molecule has 1 saturated carbocycles. The molecule has 1 aliphatic heterocycles. The molecule has 0 spiro atoms. The monoisotopic (exact) mass is 472 g/mol. The summed E-state index contributed by atoms with van der Waals surface area (Å²) in [4.78, 5) is 44.1. The first-order valence-corrected chi connectivity index (χ1v) is 12.6. The Labute approximate surface area is 201 Å². The molecule has 1 atom stereocenters. The van der Waals surface area contributed by atoms with E-state index < -0.39 is 11.5 Å². The fraction of sp³-hybridized carbons (Fsp3) is 0.654. The number of thiophene rings is 1. The number of likely N-dealkylation sites (tertiary alicyclic amines) is 1. The van der Waals surface area contributed by atoms with Crippen LogP contribution in [0.2, 0.25) is 0 Å². The van der Waals surface area contributed by atoms with E-state index in [4.69, 9.17) is 4.74 Å². The summed E-state index contributed by atoms with van der Waals surface area (Å²) >= 11 is 1.25. The molecule has 3 rings (SSSR count). The zero-order chi connectivity index (χ0) is 24.4. The Hall–Kier alpha value is -2.33. The largest absolute Gasteiger partial charge is 0.465 e. The summed E-state index contributed by atoms with van der Waals surface area (Å²) in [6.07, 6.45) is 6.14. The van der Waals surface area contributed by atoms with Crippen LogP contribution in [0.25, 0.3) is 0 Å². The van der Waals surface area contributed by atoms with Crippen molar-refractivity contribution in [3.05, 3.63) is 15.8 Å². The van der Waals surface area contributed by atoms with E-state index in [9.17, 15) is 14.4 Å². The molecular formula is C26H36N2O4S. The van der Waals surface area contributed by atoms with Crippen molar-refractivity contribution in [3.8, 4) is 11.8 Å². The van der Waals surface area contributed by atoms with Gasteiger partial charge in [0.25, 0.3) is 0 Å². The van der Waals surface area contributed by atoms with Gasteiger partial charge in [-0.15, -0.1) is 11.3 Å². The minimum absolute atomic E-state index is 0.0944. The first-order valence-electron chi connectivity index (χ1n) is 11.8. The van der Waals surface area contributed by atoms with Crippen LogP contribution in [0.5, 0.6) is 0 Å². The summed E-state index contributed by atoms with van der Waals surface area (Å²) in [7, 11) is 3.19. The number of anilines is 1. The molecule has 1 aliphatic carbocycles. The van der Waals surface area contributed by atoms with E-state index in [0.717, 1.165) is 51.5 Å². The highest BCUT2D eigenvalue weighted by Gasteiger charge is 2.52. The molecule has 7 heteroatoms. The number of nitrogens with zero attached hydrogens (tertiary/aromatic N) is 2. The van der Waals surface area contributed by atoms with Crippen LogP contribution in [0.3, 0.4) is 0 Å². The smallest absolute Gasteiger partial charge is 0.350 e. The molecular weight excluding hydrogens is 436 g/mol. The second-order valence-corrected chi connectivity index (χ2v) is 11.3. The number of methoxy groups -OCH3 is 1. The molecule has 2 fully saturated rings. The zero-order valence-electron chi connectivity index (χ0n) is 20.7. The van der Waals surface area contributed by atoms with Gasteiger partial charge in [0.05, 0.1) is 29.1 Å². The fourth-order valence-corrected chi connectivity index (χ4v) is 6.16. The molecule has 0 radical (unpaired) electrons. The zero-order valence-corrected chi connectivity index (χ0v) is 21.6. The third-order valence-electron chi connectivity index (χ3n) is 6.67. The molecule has 0 N–H and O–H groups in total. The van der Waals surface area contributed by atoms with Gasteiger partial charge in [0, 0.05) is 25.9 Å². The van der Waals surface area contributed by atoms with Crippen LogP contribution in [0.4, 0.5) is 5.69 Å². The van der Waals surface area contributed by atoms with E-state index in [2.05, 4.69) is 11.8 Å². The van der Waals surface area contributed by atoms with Crippen molar-refractivity contribution in [1.82, 2.24) is 4.90 Å². The van der Waals surface area contributed by atoms with Crippen LogP contribution in [-0.2, 0) is 14.3 Å². The Balaban J connectivity index is 2.19. The van der Waals surface area contributed by atoms with E-state index in [1.54, 1.807) is 9.80 Å². The molecule has 1 aromatic heterocycles. The standard InChI is InChI=1S/C26H36N2O4S/c1-18(29)28(21-17-19(12-15-25(2,3)4)33-22(21)24(31)32-6)26(13-8-7-9-14-26)20-11-10-16-27(5)23(20)30/h17,20H,7-11,13-14,16H2,1-6H3. The van der Waals surface area contributed by atoms with Gasteiger partial charge in [-0.3, -0.25) is 9.59 Å². The van der Waals surface area contributed by atoms with Gasteiger partial charge in [-0.2, -0.15) is 0 Å². The van der Waals surface area contributed by atoms with Crippen LogP contribution in [0.1, 0.15) is 87.2 Å². The maximum atomic E-state index is 13.4. The summed E-state index contributed by atoms with van der Waals surface area (Å²) in [5, 5.41) is 0. The molecule has 2 heterocycles. The van der Waals surface area contributed by atoms with Crippen LogP contribution < -0.4 is 4.90 Å². The lowest BCUT2D eigenvalue weighted by Crippen LogP contribution is -2.62. The molecule has 1 aromatic rings. The Morgan fingerprint density at radius 1 is 1.21 bits per heavy atom. The molecule has 2 amide bonds. The van der Waals surface area contributed by atoms with E-state index in [-0.39, 0.29) is 23.1 Å². The highest BCUT2D eigenvalue weighted by molar-refractivity contribution is 7.15. The second kappa shape index (κ2) is 9.89. The lowest BCUT2D eigenvalue weighted by atomic mass is 9.68. The number of ether oxygens (including phenoxy) is 1. The molecule has 180 valence electrons. The first-order chi connectivity index (χ1) is 15.5. The number of carbonyl (C=O) groups is 3. The third-order valence-corrected chi connectivity index (χ3v) is 7.69. The van der Waals surface area contributed by atoms with Gasteiger partial charge in [-0.05, 0) is 52.5 Å². The van der Waals surface area contributed by atoms with Crippen molar-refractivity contribution in [3.63, 3.8) is 0 Å². The minimum atomic E-state index is -0.644. The van der Waals surface area contributed by atoms with Crippen molar-refractivity contribution in [2.45, 2.75) is 78.2 Å². The summed E-state index contributed by atoms with van der Waals surface area (Å²) in [6.45, 7) is 8.36. The number of esters is 1. The SMILES string of the molecule is COC(=O)c1sc(C#CC(C)(C)C)cc1N(C(C)=O)C1(C2CCCN(C)C2=O)CCCCC1. The first kappa shape index (κ1) is 25.3. The van der Waals surface area contributed by atoms with Gasteiger partial charge in [-0.25, -0.2) is 4.79 Å². The topological polar surface area (TPSA) is 66.9 Å². The number of rotatable bonds is 4.